The second-order valence-corrected chi connectivity index (χ2v) is 5.11. The third-order valence-corrected chi connectivity index (χ3v) is 3.05. The molecule has 0 aliphatic carbocycles. The molecule has 0 spiro atoms. The van der Waals surface area contributed by atoms with E-state index in [0.29, 0.717) is 0 Å². The second kappa shape index (κ2) is 9.36. The maximum Gasteiger partial charge on any atom is 0.303 e. The zero-order valence-corrected chi connectivity index (χ0v) is 13.8. The molecule has 0 bridgehead atoms. The molecule has 1 aliphatic rings. The highest BCUT2D eigenvalue weighted by atomic mass is 16.7. The molecule has 5 unspecified atom stereocenters. The van der Waals surface area contributed by atoms with Crippen molar-refractivity contribution in [3.8, 4) is 0 Å². The van der Waals surface area contributed by atoms with Crippen LogP contribution in [0.1, 0.15) is 20.8 Å². The third-order valence-electron chi connectivity index (χ3n) is 3.05. The summed E-state index contributed by atoms with van der Waals surface area (Å²) in [6.45, 7) is 6.78. The minimum atomic E-state index is -1.41. The summed E-state index contributed by atoms with van der Waals surface area (Å²) < 4.78 is 25.9. The summed E-state index contributed by atoms with van der Waals surface area (Å²) in [5.74, 6) is -1.93. The van der Waals surface area contributed by atoms with Crippen LogP contribution in [0.2, 0.25) is 0 Å². The summed E-state index contributed by atoms with van der Waals surface area (Å²) in [6.07, 6.45) is -4.54. The quantitative estimate of drug-likeness (QED) is 0.376. The molecule has 1 saturated heterocycles. The number of carbonyl (C=O) groups excluding carboxylic acids is 3. The summed E-state index contributed by atoms with van der Waals surface area (Å²) in [6, 6.07) is 0. The van der Waals surface area contributed by atoms with Crippen molar-refractivity contribution in [1.82, 2.24) is 0 Å². The predicted octanol–water partition coefficient (Wildman–Crippen LogP) is -0.299. The largest absolute Gasteiger partial charge is 0.463 e. The summed E-state index contributed by atoms with van der Waals surface area (Å²) in [5.41, 5.74) is 0. The summed E-state index contributed by atoms with van der Waals surface area (Å²) in [5, 5.41) is 10.3. The molecule has 24 heavy (non-hydrogen) atoms. The van der Waals surface area contributed by atoms with Crippen LogP contribution in [-0.4, -0.2) is 66.9 Å². The van der Waals surface area contributed by atoms with Gasteiger partial charge in [0.05, 0.1) is 6.61 Å². The molecule has 1 aliphatic heterocycles. The lowest BCUT2D eigenvalue weighted by atomic mass is 9.98. The average molecular weight is 346 g/mol. The van der Waals surface area contributed by atoms with E-state index in [1.54, 1.807) is 0 Å². The second-order valence-electron chi connectivity index (χ2n) is 5.11. The van der Waals surface area contributed by atoms with Crippen molar-refractivity contribution in [2.24, 2.45) is 0 Å². The Bertz CT molecular complexity index is 476. The first kappa shape index (κ1) is 20.1. The number of hydrogen-bond donors (Lipinski definition) is 1. The van der Waals surface area contributed by atoms with Crippen LogP contribution < -0.4 is 0 Å². The number of aliphatic hydroxyl groups excluding tert-OH is 1. The lowest BCUT2D eigenvalue weighted by Crippen LogP contribution is -2.61. The topological polar surface area (TPSA) is 118 Å². The zero-order valence-electron chi connectivity index (χ0n) is 13.8. The first-order chi connectivity index (χ1) is 11.3. The van der Waals surface area contributed by atoms with Crippen molar-refractivity contribution < 1.29 is 43.2 Å². The Hall–Kier alpha value is -1.97. The van der Waals surface area contributed by atoms with E-state index >= 15 is 0 Å². The van der Waals surface area contributed by atoms with E-state index < -0.39 is 48.6 Å². The Kier molecular flexibility index (Phi) is 7.83. The van der Waals surface area contributed by atoms with Gasteiger partial charge in [-0.05, 0) is 0 Å². The molecular weight excluding hydrogens is 324 g/mol. The predicted molar refractivity (Wildman–Crippen MR) is 78.6 cm³/mol. The number of hydrogen-bond acceptors (Lipinski definition) is 9. The van der Waals surface area contributed by atoms with E-state index in [2.05, 4.69) is 6.58 Å². The minimum Gasteiger partial charge on any atom is -0.463 e. The Morgan fingerprint density at radius 3 is 2.17 bits per heavy atom. The first-order valence-corrected chi connectivity index (χ1v) is 7.30. The fourth-order valence-electron chi connectivity index (χ4n) is 2.19. The normalized spacial score (nSPS) is 29.4. The molecule has 1 N–H and O–H groups in total. The fraction of sp³-hybridized carbons (Fsp3) is 0.667. The fourth-order valence-corrected chi connectivity index (χ4v) is 2.19. The Morgan fingerprint density at radius 2 is 1.67 bits per heavy atom. The van der Waals surface area contributed by atoms with Gasteiger partial charge in [0, 0.05) is 20.8 Å². The van der Waals surface area contributed by atoms with Crippen molar-refractivity contribution in [3.63, 3.8) is 0 Å². The molecule has 9 nitrogen and oxygen atoms in total. The highest BCUT2D eigenvalue weighted by Gasteiger charge is 2.50. The van der Waals surface area contributed by atoms with Gasteiger partial charge in [0.25, 0.3) is 0 Å². The molecule has 1 heterocycles. The molecule has 0 aromatic rings. The van der Waals surface area contributed by atoms with Crippen LogP contribution in [0.25, 0.3) is 0 Å². The molecule has 0 saturated carbocycles. The molecule has 136 valence electrons. The molecule has 0 amide bonds. The Morgan fingerprint density at radius 1 is 1.08 bits per heavy atom. The molecule has 0 aromatic heterocycles. The third kappa shape index (κ3) is 5.91. The molecule has 0 aromatic carbocycles. The molecule has 5 atom stereocenters. The maximum absolute atomic E-state index is 11.3. The Labute approximate surface area is 139 Å². The molecule has 1 rings (SSSR count). The van der Waals surface area contributed by atoms with Crippen LogP contribution in [0.5, 0.6) is 0 Å². The Balaban J connectivity index is 3.03. The average Bonchev–Trinajstić information content (AvgIpc) is 2.48. The lowest BCUT2D eigenvalue weighted by molar-refractivity contribution is -0.303. The van der Waals surface area contributed by atoms with Crippen LogP contribution in [0.15, 0.2) is 12.7 Å². The minimum absolute atomic E-state index is 0.0625. The van der Waals surface area contributed by atoms with E-state index in [9.17, 15) is 19.5 Å². The summed E-state index contributed by atoms with van der Waals surface area (Å²) >= 11 is 0. The number of rotatable bonds is 7. The van der Waals surface area contributed by atoms with E-state index in [-0.39, 0.29) is 13.2 Å². The van der Waals surface area contributed by atoms with Crippen LogP contribution in [0.4, 0.5) is 0 Å². The zero-order chi connectivity index (χ0) is 18.3. The van der Waals surface area contributed by atoms with Crippen LogP contribution >= 0.6 is 0 Å². The summed E-state index contributed by atoms with van der Waals surface area (Å²) in [7, 11) is 0. The molecular formula is C15H22O9. The number of esters is 3. The van der Waals surface area contributed by atoms with Gasteiger partial charge in [-0.2, -0.15) is 0 Å². The molecule has 9 heteroatoms. The van der Waals surface area contributed by atoms with Gasteiger partial charge >= 0.3 is 17.9 Å². The van der Waals surface area contributed by atoms with Crippen molar-refractivity contribution in [2.45, 2.75) is 51.5 Å². The number of carbonyl (C=O) groups is 3. The highest BCUT2D eigenvalue weighted by molar-refractivity contribution is 5.67. The highest BCUT2D eigenvalue weighted by Crippen LogP contribution is 2.27. The SMILES string of the molecule is C=CCOC1OC(COC(C)=O)C(OC(C)=O)C(OC(C)=O)C1O. The van der Waals surface area contributed by atoms with Crippen LogP contribution in [-0.2, 0) is 38.1 Å². The van der Waals surface area contributed by atoms with Gasteiger partial charge in [0.15, 0.2) is 18.5 Å². The van der Waals surface area contributed by atoms with Gasteiger partial charge in [-0.15, -0.1) is 6.58 Å². The number of aliphatic hydroxyl groups is 1. The molecule has 1 fully saturated rings. The van der Waals surface area contributed by atoms with Crippen LogP contribution in [0, 0.1) is 0 Å². The van der Waals surface area contributed by atoms with Gasteiger partial charge in [-0.1, -0.05) is 6.08 Å². The lowest BCUT2D eigenvalue weighted by Gasteiger charge is -2.42. The van der Waals surface area contributed by atoms with Gasteiger partial charge < -0.3 is 28.8 Å². The van der Waals surface area contributed by atoms with E-state index in [0.717, 1.165) is 13.8 Å². The van der Waals surface area contributed by atoms with Gasteiger partial charge in [-0.25, -0.2) is 0 Å². The monoisotopic (exact) mass is 346 g/mol. The van der Waals surface area contributed by atoms with Crippen molar-refractivity contribution >= 4 is 17.9 Å². The maximum atomic E-state index is 11.3. The van der Waals surface area contributed by atoms with Crippen molar-refractivity contribution in [2.75, 3.05) is 13.2 Å². The number of ether oxygens (including phenoxy) is 5. The first-order valence-electron chi connectivity index (χ1n) is 7.30. The van der Waals surface area contributed by atoms with E-state index in [4.69, 9.17) is 23.7 Å². The van der Waals surface area contributed by atoms with Gasteiger partial charge in [0.1, 0.15) is 18.8 Å². The van der Waals surface area contributed by atoms with Gasteiger partial charge in [0.2, 0.25) is 0 Å². The standard InChI is InChI=1S/C15H22O9/c1-5-6-20-15-12(19)14(23-10(4)18)13(22-9(3)17)11(24-15)7-21-8(2)16/h5,11-15,19H,1,6-7H2,2-4H3. The van der Waals surface area contributed by atoms with Crippen LogP contribution in [0.3, 0.4) is 0 Å². The van der Waals surface area contributed by atoms with E-state index in [1.165, 1.54) is 13.0 Å². The van der Waals surface area contributed by atoms with E-state index in [1.807, 2.05) is 0 Å². The van der Waals surface area contributed by atoms with Gasteiger partial charge in [-0.3, -0.25) is 14.4 Å². The van der Waals surface area contributed by atoms with Crippen molar-refractivity contribution in [1.29, 1.82) is 0 Å². The smallest absolute Gasteiger partial charge is 0.303 e. The summed E-state index contributed by atoms with van der Waals surface area (Å²) in [4.78, 5) is 33.7. The van der Waals surface area contributed by atoms with Crippen molar-refractivity contribution in [3.05, 3.63) is 12.7 Å². The molecule has 0 radical (unpaired) electrons.